The molecule has 142 valence electrons. The molecule has 0 saturated carbocycles. The molecule has 8 heteroatoms. The Kier molecular flexibility index (Phi) is 4.52. The summed E-state index contributed by atoms with van der Waals surface area (Å²) in [4.78, 5) is 20.0. The highest BCUT2D eigenvalue weighted by molar-refractivity contribution is 6.08. The monoisotopic (exact) mass is 380 g/mol. The SMILES string of the molecule is COc1ccc(-c2noc(CNC(=O)c3c(C)[nH]c4ccc(F)cc34)n2)cc1. The molecule has 0 atom stereocenters. The number of benzene rings is 2. The molecule has 0 bridgehead atoms. The molecule has 2 aromatic carbocycles. The van der Waals surface area contributed by atoms with Crippen molar-refractivity contribution in [2.45, 2.75) is 13.5 Å². The van der Waals surface area contributed by atoms with Crippen molar-refractivity contribution >= 4 is 16.8 Å². The van der Waals surface area contributed by atoms with E-state index < -0.39 is 5.82 Å². The molecule has 0 saturated heterocycles. The third-order valence-corrected chi connectivity index (χ3v) is 4.39. The minimum atomic E-state index is -0.401. The molecular formula is C20H17FN4O3. The van der Waals surface area contributed by atoms with Gasteiger partial charge in [0.05, 0.1) is 19.2 Å². The second-order valence-corrected chi connectivity index (χ2v) is 6.24. The third kappa shape index (κ3) is 3.32. The summed E-state index contributed by atoms with van der Waals surface area (Å²) in [7, 11) is 1.59. The molecule has 0 spiro atoms. The molecule has 0 radical (unpaired) electrons. The van der Waals surface area contributed by atoms with Gasteiger partial charge in [-0.15, -0.1) is 0 Å². The Balaban J connectivity index is 1.49. The number of nitrogens with zero attached hydrogens (tertiary/aromatic N) is 2. The molecule has 0 aliphatic heterocycles. The number of aryl methyl sites for hydroxylation is 1. The van der Waals surface area contributed by atoms with E-state index in [2.05, 4.69) is 20.4 Å². The van der Waals surface area contributed by atoms with Crippen molar-refractivity contribution in [1.29, 1.82) is 0 Å². The minimum absolute atomic E-state index is 0.0589. The van der Waals surface area contributed by atoms with Gasteiger partial charge in [0.1, 0.15) is 11.6 Å². The van der Waals surface area contributed by atoms with Crippen LogP contribution in [0.15, 0.2) is 47.0 Å². The normalized spacial score (nSPS) is 11.0. The summed E-state index contributed by atoms with van der Waals surface area (Å²) in [6.07, 6.45) is 0. The fourth-order valence-electron chi connectivity index (χ4n) is 3.02. The van der Waals surface area contributed by atoms with Gasteiger partial charge in [0.15, 0.2) is 0 Å². The van der Waals surface area contributed by atoms with Gasteiger partial charge in [-0.05, 0) is 49.4 Å². The van der Waals surface area contributed by atoms with E-state index in [4.69, 9.17) is 9.26 Å². The van der Waals surface area contributed by atoms with Gasteiger partial charge in [0, 0.05) is 22.2 Å². The van der Waals surface area contributed by atoms with Crippen molar-refractivity contribution in [2.75, 3.05) is 7.11 Å². The summed E-state index contributed by atoms with van der Waals surface area (Å²) < 4.78 is 23.9. The predicted molar refractivity (Wildman–Crippen MR) is 100 cm³/mol. The highest BCUT2D eigenvalue weighted by atomic mass is 19.1. The van der Waals surface area contributed by atoms with Gasteiger partial charge in [-0.25, -0.2) is 4.39 Å². The number of rotatable bonds is 5. The number of halogens is 1. The third-order valence-electron chi connectivity index (χ3n) is 4.39. The maximum absolute atomic E-state index is 13.6. The molecule has 2 heterocycles. The van der Waals surface area contributed by atoms with Crippen molar-refractivity contribution < 1.29 is 18.4 Å². The first kappa shape index (κ1) is 17.7. The van der Waals surface area contributed by atoms with Gasteiger partial charge < -0.3 is 19.6 Å². The highest BCUT2D eigenvalue weighted by Crippen LogP contribution is 2.23. The van der Waals surface area contributed by atoms with Crippen molar-refractivity contribution in [3.63, 3.8) is 0 Å². The zero-order valence-electron chi connectivity index (χ0n) is 15.2. The van der Waals surface area contributed by atoms with Gasteiger partial charge in [0.2, 0.25) is 11.7 Å². The first-order chi connectivity index (χ1) is 13.5. The summed E-state index contributed by atoms with van der Waals surface area (Å²) in [6, 6.07) is 11.5. The van der Waals surface area contributed by atoms with E-state index in [0.717, 1.165) is 11.3 Å². The summed E-state index contributed by atoms with van der Waals surface area (Å²) >= 11 is 0. The Hall–Kier alpha value is -3.68. The Labute approximate surface area is 159 Å². The fraction of sp³-hybridized carbons (Fsp3) is 0.150. The van der Waals surface area contributed by atoms with E-state index in [1.54, 1.807) is 32.2 Å². The predicted octanol–water partition coefficient (Wildman–Crippen LogP) is 3.60. The van der Waals surface area contributed by atoms with E-state index in [9.17, 15) is 9.18 Å². The van der Waals surface area contributed by atoms with E-state index in [-0.39, 0.29) is 18.3 Å². The summed E-state index contributed by atoms with van der Waals surface area (Å²) in [5.41, 5.74) is 2.51. The summed E-state index contributed by atoms with van der Waals surface area (Å²) in [6.45, 7) is 1.82. The van der Waals surface area contributed by atoms with Gasteiger partial charge in [0.25, 0.3) is 5.91 Å². The number of methoxy groups -OCH3 is 1. The van der Waals surface area contributed by atoms with Crippen LogP contribution in [0.4, 0.5) is 4.39 Å². The molecule has 2 N–H and O–H groups in total. The lowest BCUT2D eigenvalue weighted by Gasteiger charge is -2.02. The molecule has 0 unspecified atom stereocenters. The molecule has 0 aliphatic rings. The number of nitrogens with one attached hydrogen (secondary N) is 2. The first-order valence-electron chi connectivity index (χ1n) is 8.58. The summed E-state index contributed by atoms with van der Waals surface area (Å²) in [5.74, 6) is 0.658. The molecule has 2 aromatic heterocycles. The molecule has 4 rings (SSSR count). The van der Waals surface area contributed by atoms with Gasteiger partial charge in [-0.2, -0.15) is 4.98 Å². The van der Waals surface area contributed by atoms with Crippen molar-refractivity contribution in [3.8, 4) is 17.1 Å². The van der Waals surface area contributed by atoms with Crippen LogP contribution in [0.2, 0.25) is 0 Å². The second-order valence-electron chi connectivity index (χ2n) is 6.24. The number of hydrogen-bond acceptors (Lipinski definition) is 5. The van der Waals surface area contributed by atoms with Crippen LogP contribution in [0.3, 0.4) is 0 Å². The largest absolute Gasteiger partial charge is 0.497 e. The lowest BCUT2D eigenvalue weighted by molar-refractivity contribution is 0.0947. The Bertz CT molecular complexity index is 1150. The lowest BCUT2D eigenvalue weighted by Crippen LogP contribution is -2.23. The van der Waals surface area contributed by atoms with Gasteiger partial charge >= 0.3 is 0 Å². The smallest absolute Gasteiger partial charge is 0.254 e. The second kappa shape index (κ2) is 7.15. The van der Waals surface area contributed by atoms with Gasteiger partial charge in [-0.3, -0.25) is 4.79 Å². The number of amides is 1. The van der Waals surface area contributed by atoms with Crippen LogP contribution in [-0.4, -0.2) is 28.1 Å². The van der Waals surface area contributed by atoms with Gasteiger partial charge in [-0.1, -0.05) is 5.16 Å². The fourth-order valence-corrected chi connectivity index (χ4v) is 3.02. The number of carbonyl (C=O) groups excluding carboxylic acids is 1. The van der Waals surface area contributed by atoms with Crippen LogP contribution in [0.1, 0.15) is 21.9 Å². The number of hydrogen-bond donors (Lipinski definition) is 2. The molecule has 0 aliphatic carbocycles. The highest BCUT2D eigenvalue weighted by Gasteiger charge is 2.17. The quantitative estimate of drug-likeness (QED) is 0.552. The Morgan fingerprint density at radius 1 is 1.25 bits per heavy atom. The zero-order valence-corrected chi connectivity index (χ0v) is 15.2. The standard InChI is InChI=1S/C20H17FN4O3/c1-11-18(15-9-13(21)5-8-16(15)23-11)20(26)22-10-17-24-19(25-28-17)12-3-6-14(27-2)7-4-12/h3-9,23H,10H2,1-2H3,(H,22,26). The zero-order chi connectivity index (χ0) is 19.7. The molecule has 0 fully saturated rings. The molecule has 28 heavy (non-hydrogen) atoms. The average molecular weight is 380 g/mol. The van der Waals surface area contributed by atoms with Crippen LogP contribution in [0, 0.1) is 12.7 Å². The van der Waals surface area contributed by atoms with Crippen molar-refractivity contribution in [3.05, 3.63) is 65.4 Å². The number of H-pyrrole nitrogens is 1. The van der Waals surface area contributed by atoms with E-state index >= 15 is 0 Å². The number of aromatic nitrogens is 3. The number of ether oxygens (including phenoxy) is 1. The van der Waals surface area contributed by atoms with Crippen LogP contribution < -0.4 is 10.1 Å². The molecule has 4 aromatic rings. The van der Waals surface area contributed by atoms with Crippen LogP contribution in [0.5, 0.6) is 5.75 Å². The van der Waals surface area contributed by atoms with E-state index in [0.29, 0.717) is 28.0 Å². The van der Waals surface area contributed by atoms with Crippen molar-refractivity contribution in [2.24, 2.45) is 0 Å². The number of fused-ring (bicyclic) bond motifs is 1. The van der Waals surface area contributed by atoms with Crippen LogP contribution in [0.25, 0.3) is 22.3 Å². The van der Waals surface area contributed by atoms with Crippen molar-refractivity contribution in [1.82, 2.24) is 20.4 Å². The minimum Gasteiger partial charge on any atom is -0.497 e. The Morgan fingerprint density at radius 2 is 2.04 bits per heavy atom. The number of carbonyl (C=O) groups is 1. The molecule has 1 amide bonds. The molecular weight excluding hydrogens is 363 g/mol. The number of aromatic amines is 1. The first-order valence-corrected chi connectivity index (χ1v) is 8.58. The molecule has 7 nitrogen and oxygen atoms in total. The van der Waals surface area contributed by atoms with E-state index in [1.807, 2.05) is 12.1 Å². The summed E-state index contributed by atoms with van der Waals surface area (Å²) in [5, 5.41) is 7.19. The maximum atomic E-state index is 13.6. The Morgan fingerprint density at radius 3 is 2.79 bits per heavy atom. The van der Waals surface area contributed by atoms with E-state index in [1.165, 1.54) is 12.1 Å². The lowest BCUT2D eigenvalue weighted by atomic mass is 10.1. The van der Waals surface area contributed by atoms with Crippen LogP contribution >= 0.6 is 0 Å². The van der Waals surface area contributed by atoms with Crippen LogP contribution in [-0.2, 0) is 6.54 Å². The maximum Gasteiger partial charge on any atom is 0.254 e. The average Bonchev–Trinajstić information content (AvgIpc) is 3.30. The topological polar surface area (TPSA) is 93.0 Å².